The minimum atomic E-state index is -0.475. The second-order valence-electron chi connectivity index (χ2n) is 9.90. The van der Waals surface area contributed by atoms with Crippen molar-refractivity contribution in [3.05, 3.63) is 100 Å². The van der Waals surface area contributed by atoms with Crippen LogP contribution in [-0.2, 0) is 4.79 Å². The molecule has 0 aliphatic carbocycles. The minimum absolute atomic E-state index is 0.0618. The first kappa shape index (κ1) is 27.0. The van der Waals surface area contributed by atoms with Crippen LogP contribution in [0, 0.1) is 10.1 Å². The monoisotopic (exact) mass is 513 g/mol. The van der Waals surface area contributed by atoms with E-state index < -0.39 is 4.92 Å². The van der Waals surface area contributed by atoms with Crippen molar-refractivity contribution in [2.24, 2.45) is 0 Å². The van der Waals surface area contributed by atoms with E-state index in [9.17, 15) is 19.7 Å². The van der Waals surface area contributed by atoms with Gasteiger partial charge in [0.15, 0.2) is 0 Å². The lowest BCUT2D eigenvalue weighted by atomic mass is 9.89. The maximum atomic E-state index is 14.0. The van der Waals surface area contributed by atoms with E-state index in [1.807, 2.05) is 66.4 Å². The van der Waals surface area contributed by atoms with Crippen LogP contribution in [0.1, 0.15) is 80.8 Å². The number of nitrogens with zero attached hydrogens (tertiary/aromatic N) is 3. The molecule has 0 saturated carbocycles. The first-order valence-corrected chi connectivity index (χ1v) is 13.5. The van der Waals surface area contributed by atoms with Gasteiger partial charge in [-0.05, 0) is 55.7 Å². The highest BCUT2D eigenvalue weighted by atomic mass is 16.6. The van der Waals surface area contributed by atoms with Gasteiger partial charge in [-0.2, -0.15) is 0 Å². The first-order valence-electron chi connectivity index (χ1n) is 13.5. The van der Waals surface area contributed by atoms with Crippen molar-refractivity contribution >= 4 is 28.9 Å². The van der Waals surface area contributed by atoms with E-state index in [-0.39, 0.29) is 29.6 Å². The molecule has 198 valence electrons. The molecule has 4 rings (SSSR count). The molecular formula is C31H35N3O4. The smallest absolute Gasteiger partial charge is 0.269 e. The molecule has 0 radical (unpaired) electrons. The van der Waals surface area contributed by atoms with Gasteiger partial charge in [0.2, 0.25) is 5.91 Å². The minimum Gasteiger partial charge on any atom is -0.309 e. The van der Waals surface area contributed by atoms with Crippen molar-refractivity contribution in [2.45, 2.75) is 70.9 Å². The number of benzene rings is 3. The van der Waals surface area contributed by atoms with E-state index in [2.05, 4.69) is 6.92 Å². The van der Waals surface area contributed by atoms with Gasteiger partial charge in [0, 0.05) is 41.5 Å². The molecule has 0 spiro atoms. The highest BCUT2D eigenvalue weighted by Gasteiger charge is 2.38. The van der Waals surface area contributed by atoms with Gasteiger partial charge in [-0.3, -0.25) is 19.7 Å². The number of para-hydroxylation sites is 2. The SMILES string of the molecule is CCCCCCCC(=O)N1c2ccccc2[C@@H](N(C(=O)c2ccc([N+](=O)[O-])cc2)c2ccccc2)C[C@@H]1C. The van der Waals surface area contributed by atoms with Crippen LogP contribution in [0.15, 0.2) is 78.9 Å². The number of hydrogen-bond donors (Lipinski definition) is 0. The normalized spacial score (nSPS) is 16.5. The number of amides is 2. The molecule has 7 heteroatoms. The standard InChI is InChI=1S/C31H35N3O4/c1-3-4-5-6-10-17-30(35)32-23(2)22-29(27-15-11-12-16-28(27)32)33(25-13-8-7-9-14-25)31(36)24-18-20-26(21-19-24)34(37)38/h7-9,11-16,18-21,23,29H,3-6,10,17,22H2,1-2H3/t23-,29-/m0/s1. The molecule has 0 bridgehead atoms. The Labute approximate surface area is 224 Å². The van der Waals surface area contributed by atoms with Crippen molar-refractivity contribution in [1.82, 2.24) is 0 Å². The highest BCUT2D eigenvalue weighted by molar-refractivity contribution is 6.07. The van der Waals surface area contributed by atoms with Crippen LogP contribution >= 0.6 is 0 Å². The zero-order valence-electron chi connectivity index (χ0n) is 22.1. The Bertz CT molecular complexity index is 1260. The lowest BCUT2D eigenvalue weighted by Crippen LogP contribution is -2.47. The van der Waals surface area contributed by atoms with Crippen LogP contribution in [0.2, 0.25) is 0 Å². The van der Waals surface area contributed by atoms with Gasteiger partial charge < -0.3 is 9.80 Å². The Hall–Kier alpha value is -4.00. The van der Waals surface area contributed by atoms with Crippen LogP contribution < -0.4 is 9.80 Å². The Morgan fingerprint density at radius 2 is 1.58 bits per heavy atom. The molecule has 3 aromatic rings. The van der Waals surface area contributed by atoms with Crippen molar-refractivity contribution in [1.29, 1.82) is 0 Å². The van der Waals surface area contributed by atoms with E-state index in [1.54, 1.807) is 4.90 Å². The van der Waals surface area contributed by atoms with Gasteiger partial charge in [-0.1, -0.05) is 69.0 Å². The molecule has 0 unspecified atom stereocenters. The molecular weight excluding hydrogens is 478 g/mol. The van der Waals surface area contributed by atoms with Gasteiger partial charge in [-0.15, -0.1) is 0 Å². The Morgan fingerprint density at radius 3 is 2.26 bits per heavy atom. The summed E-state index contributed by atoms with van der Waals surface area (Å²) in [4.78, 5) is 41.7. The summed E-state index contributed by atoms with van der Waals surface area (Å²) in [5, 5.41) is 11.1. The Kier molecular flexibility index (Phi) is 8.89. The zero-order valence-corrected chi connectivity index (χ0v) is 22.1. The van der Waals surface area contributed by atoms with Crippen LogP contribution in [0.5, 0.6) is 0 Å². The van der Waals surface area contributed by atoms with Crippen molar-refractivity contribution in [2.75, 3.05) is 9.80 Å². The number of non-ortho nitro benzene ring substituents is 1. The third-order valence-corrected chi connectivity index (χ3v) is 7.21. The molecule has 2 atom stereocenters. The number of anilines is 2. The van der Waals surface area contributed by atoms with E-state index >= 15 is 0 Å². The predicted octanol–water partition coefficient (Wildman–Crippen LogP) is 7.47. The fraction of sp³-hybridized carbons (Fsp3) is 0.355. The molecule has 0 aromatic heterocycles. The van der Waals surface area contributed by atoms with E-state index in [0.29, 0.717) is 18.4 Å². The number of carbonyl (C=O) groups excluding carboxylic acids is 2. The summed E-state index contributed by atoms with van der Waals surface area (Å²) in [5.74, 6) is -0.123. The van der Waals surface area contributed by atoms with E-state index in [1.165, 1.54) is 37.1 Å². The van der Waals surface area contributed by atoms with Crippen molar-refractivity contribution in [3.8, 4) is 0 Å². The van der Waals surface area contributed by atoms with Crippen LogP contribution in [0.3, 0.4) is 0 Å². The largest absolute Gasteiger partial charge is 0.309 e. The summed E-state index contributed by atoms with van der Waals surface area (Å²) in [6, 6.07) is 22.6. The molecule has 7 nitrogen and oxygen atoms in total. The topological polar surface area (TPSA) is 83.8 Å². The second-order valence-corrected chi connectivity index (χ2v) is 9.90. The summed E-state index contributed by atoms with van der Waals surface area (Å²) in [6.45, 7) is 4.22. The van der Waals surface area contributed by atoms with Crippen molar-refractivity contribution in [3.63, 3.8) is 0 Å². The van der Waals surface area contributed by atoms with Crippen LogP contribution in [0.25, 0.3) is 0 Å². The number of rotatable bonds is 10. The molecule has 1 aliphatic rings. The number of fused-ring (bicyclic) bond motifs is 1. The molecule has 1 aliphatic heterocycles. The number of unbranched alkanes of at least 4 members (excludes halogenated alkanes) is 4. The summed E-state index contributed by atoms with van der Waals surface area (Å²) in [5.41, 5.74) is 2.80. The fourth-order valence-electron chi connectivity index (χ4n) is 5.30. The summed E-state index contributed by atoms with van der Waals surface area (Å²) < 4.78 is 0. The third-order valence-electron chi connectivity index (χ3n) is 7.21. The number of carbonyl (C=O) groups is 2. The highest BCUT2D eigenvalue weighted by Crippen LogP contribution is 2.43. The molecule has 0 N–H and O–H groups in total. The fourth-order valence-corrected chi connectivity index (χ4v) is 5.30. The van der Waals surface area contributed by atoms with Crippen LogP contribution in [-0.4, -0.2) is 22.8 Å². The van der Waals surface area contributed by atoms with E-state index in [0.717, 1.165) is 36.2 Å². The summed E-state index contributed by atoms with van der Waals surface area (Å²) >= 11 is 0. The molecule has 0 fully saturated rings. The lowest BCUT2D eigenvalue weighted by Gasteiger charge is -2.43. The molecule has 2 amide bonds. The average molecular weight is 514 g/mol. The Morgan fingerprint density at radius 1 is 0.921 bits per heavy atom. The van der Waals surface area contributed by atoms with Gasteiger partial charge in [0.05, 0.1) is 11.0 Å². The molecule has 0 saturated heterocycles. The van der Waals surface area contributed by atoms with E-state index in [4.69, 9.17) is 0 Å². The number of hydrogen-bond acceptors (Lipinski definition) is 4. The van der Waals surface area contributed by atoms with Crippen LogP contribution in [0.4, 0.5) is 17.1 Å². The third kappa shape index (κ3) is 5.93. The maximum Gasteiger partial charge on any atom is 0.269 e. The molecule has 38 heavy (non-hydrogen) atoms. The van der Waals surface area contributed by atoms with Gasteiger partial charge >= 0.3 is 0 Å². The molecule has 3 aromatic carbocycles. The maximum absolute atomic E-state index is 14.0. The zero-order chi connectivity index (χ0) is 27.1. The van der Waals surface area contributed by atoms with Gasteiger partial charge in [0.1, 0.15) is 0 Å². The lowest BCUT2D eigenvalue weighted by molar-refractivity contribution is -0.384. The Balaban J connectivity index is 1.68. The second kappa shape index (κ2) is 12.5. The number of nitro benzene ring substituents is 1. The summed E-state index contributed by atoms with van der Waals surface area (Å²) in [6.07, 6.45) is 6.53. The number of nitro groups is 1. The van der Waals surface area contributed by atoms with Gasteiger partial charge in [0.25, 0.3) is 11.6 Å². The quantitative estimate of drug-likeness (QED) is 0.160. The first-order chi connectivity index (χ1) is 18.4. The summed E-state index contributed by atoms with van der Waals surface area (Å²) in [7, 11) is 0. The van der Waals surface area contributed by atoms with Gasteiger partial charge in [-0.25, -0.2) is 0 Å². The molecule has 1 heterocycles. The van der Waals surface area contributed by atoms with Crippen molar-refractivity contribution < 1.29 is 14.5 Å². The predicted molar refractivity (Wildman–Crippen MR) is 150 cm³/mol. The average Bonchev–Trinajstić information content (AvgIpc) is 2.93.